The molecule has 0 aliphatic rings. The number of hydrogen-bond acceptors (Lipinski definition) is 4. The summed E-state index contributed by atoms with van der Waals surface area (Å²) in [6.07, 6.45) is 2.88. The van der Waals surface area contributed by atoms with Crippen molar-refractivity contribution in [2.75, 3.05) is 24.2 Å². The van der Waals surface area contributed by atoms with Crippen LogP contribution in [0, 0.1) is 5.92 Å². The lowest BCUT2D eigenvalue weighted by Gasteiger charge is -2.09. The Kier molecular flexibility index (Phi) is 4.81. The van der Waals surface area contributed by atoms with Gasteiger partial charge in [-0.3, -0.25) is 0 Å². The molecule has 0 aromatic carbocycles. The van der Waals surface area contributed by atoms with Gasteiger partial charge in [-0.1, -0.05) is 13.8 Å². The van der Waals surface area contributed by atoms with Gasteiger partial charge in [0.15, 0.2) is 0 Å². The van der Waals surface area contributed by atoms with Crippen LogP contribution in [0.5, 0.6) is 0 Å². The number of halogens is 1. The summed E-state index contributed by atoms with van der Waals surface area (Å²) in [5, 5.41) is 6.19. The van der Waals surface area contributed by atoms with E-state index >= 15 is 0 Å². The molecule has 0 bridgehead atoms. The lowest BCUT2D eigenvalue weighted by atomic mass is 10.1. The van der Waals surface area contributed by atoms with Gasteiger partial charge in [0.2, 0.25) is 5.95 Å². The van der Waals surface area contributed by atoms with E-state index in [1.54, 1.807) is 13.2 Å². The molecule has 2 N–H and O–H groups in total. The molecule has 15 heavy (non-hydrogen) atoms. The second-order valence-electron chi connectivity index (χ2n) is 3.75. The summed E-state index contributed by atoms with van der Waals surface area (Å²) in [6.45, 7) is 5.34. The third kappa shape index (κ3) is 4.03. The Morgan fingerprint density at radius 2 is 2.20 bits per heavy atom. The minimum Gasteiger partial charge on any atom is -0.369 e. The van der Waals surface area contributed by atoms with Gasteiger partial charge in [0.25, 0.3) is 0 Å². The average molecular weight is 273 g/mol. The zero-order valence-corrected chi connectivity index (χ0v) is 10.9. The van der Waals surface area contributed by atoms with Gasteiger partial charge in [-0.15, -0.1) is 0 Å². The van der Waals surface area contributed by atoms with Crippen molar-refractivity contribution in [3.05, 3.63) is 10.7 Å². The highest BCUT2D eigenvalue weighted by Crippen LogP contribution is 2.19. The Hall–Kier alpha value is -0.840. The molecule has 0 spiro atoms. The topological polar surface area (TPSA) is 49.8 Å². The maximum absolute atomic E-state index is 4.31. The van der Waals surface area contributed by atoms with Crippen LogP contribution in [0.2, 0.25) is 0 Å². The van der Waals surface area contributed by atoms with Crippen LogP contribution in [0.15, 0.2) is 10.7 Å². The van der Waals surface area contributed by atoms with Crippen LogP contribution in [0.25, 0.3) is 0 Å². The number of aromatic nitrogens is 2. The maximum atomic E-state index is 4.31. The zero-order valence-electron chi connectivity index (χ0n) is 9.34. The van der Waals surface area contributed by atoms with Gasteiger partial charge >= 0.3 is 0 Å². The van der Waals surface area contributed by atoms with E-state index in [1.165, 1.54) is 0 Å². The smallest absolute Gasteiger partial charge is 0.224 e. The molecule has 0 radical (unpaired) electrons. The first-order valence-electron chi connectivity index (χ1n) is 5.07. The number of anilines is 2. The van der Waals surface area contributed by atoms with Crippen LogP contribution in [0.3, 0.4) is 0 Å². The predicted molar refractivity (Wildman–Crippen MR) is 67.2 cm³/mol. The second-order valence-corrected chi connectivity index (χ2v) is 4.60. The maximum Gasteiger partial charge on any atom is 0.224 e. The number of nitrogens with one attached hydrogen (secondary N) is 2. The number of hydrogen-bond donors (Lipinski definition) is 2. The fraction of sp³-hybridized carbons (Fsp3) is 0.600. The molecule has 0 atom stereocenters. The molecule has 0 aliphatic heterocycles. The first-order valence-corrected chi connectivity index (χ1v) is 5.87. The summed E-state index contributed by atoms with van der Waals surface area (Å²) in [7, 11) is 1.81. The standard InChI is InChI=1S/C10H17BrN4/c1-7(2)4-5-13-9-8(11)6-14-10(12-3)15-9/h6-7H,4-5H2,1-3H3,(H2,12,13,14,15). The Morgan fingerprint density at radius 3 is 2.80 bits per heavy atom. The van der Waals surface area contributed by atoms with E-state index in [4.69, 9.17) is 0 Å². The van der Waals surface area contributed by atoms with Crippen molar-refractivity contribution in [2.24, 2.45) is 5.92 Å². The fourth-order valence-electron chi connectivity index (χ4n) is 1.09. The SMILES string of the molecule is CNc1ncc(Br)c(NCCC(C)C)n1. The fourth-order valence-corrected chi connectivity index (χ4v) is 1.42. The third-order valence-corrected chi connectivity index (χ3v) is 2.56. The molecule has 0 unspecified atom stereocenters. The lowest BCUT2D eigenvalue weighted by Crippen LogP contribution is -2.08. The van der Waals surface area contributed by atoms with Crippen LogP contribution in [-0.4, -0.2) is 23.6 Å². The van der Waals surface area contributed by atoms with Crippen molar-refractivity contribution in [1.29, 1.82) is 0 Å². The first kappa shape index (κ1) is 12.2. The van der Waals surface area contributed by atoms with Crippen LogP contribution < -0.4 is 10.6 Å². The molecular formula is C10H17BrN4. The molecule has 84 valence electrons. The van der Waals surface area contributed by atoms with Crippen LogP contribution in [-0.2, 0) is 0 Å². The summed E-state index contributed by atoms with van der Waals surface area (Å²) >= 11 is 3.41. The average Bonchev–Trinajstić information content (AvgIpc) is 2.20. The molecule has 0 aliphatic carbocycles. The first-order chi connectivity index (χ1) is 7.13. The van der Waals surface area contributed by atoms with Gasteiger partial charge in [0, 0.05) is 19.8 Å². The van der Waals surface area contributed by atoms with Crippen LogP contribution in [0.4, 0.5) is 11.8 Å². The van der Waals surface area contributed by atoms with Gasteiger partial charge in [-0.05, 0) is 28.3 Å². The molecule has 1 aromatic heterocycles. The Morgan fingerprint density at radius 1 is 1.47 bits per heavy atom. The minimum atomic E-state index is 0.630. The molecule has 1 aromatic rings. The van der Waals surface area contributed by atoms with E-state index in [1.807, 2.05) is 0 Å². The highest BCUT2D eigenvalue weighted by molar-refractivity contribution is 9.10. The van der Waals surface area contributed by atoms with Crippen molar-refractivity contribution in [3.8, 4) is 0 Å². The number of nitrogens with zero attached hydrogens (tertiary/aromatic N) is 2. The molecule has 0 amide bonds. The summed E-state index contributed by atoms with van der Waals surface area (Å²) in [5.74, 6) is 2.17. The molecule has 0 saturated carbocycles. The van der Waals surface area contributed by atoms with Crippen LogP contribution in [0.1, 0.15) is 20.3 Å². The zero-order chi connectivity index (χ0) is 11.3. The van der Waals surface area contributed by atoms with Gasteiger partial charge in [-0.25, -0.2) is 4.98 Å². The van der Waals surface area contributed by atoms with Gasteiger partial charge < -0.3 is 10.6 Å². The third-order valence-electron chi connectivity index (χ3n) is 1.98. The van der Waals surface area contributed by atoms with E-state index in [0.29, 0.717) is 11.9 Å². The normalized spacial score (nSPS) is 10.5. The molecule has 1 heterocycles. The van der Waals surface area contributed by atoms with Gasteiger partial charge in [0.05, 0.1) is 4.47 Å². The van der Waals surface area contributed by atoms with Crippen LogP contribution >= 0.6 is 15.9 Å². The van der Waals surface area contributed by atoms with Crippen molar-refractivity contribution >= 4 is 27.7 Å². The molecule has 0 saturated heterocycles. The highest BCUT2D eigenvalue weighted by atomic mass is 79.9. The monoisotopic (exact) mass is 272 g/mol. The predicted octanol–water partition coefficient (Wildman–Crippen LogP) is 2.74. The Labute approximate surface area is 99.0 Å². The van der Waals surface area contributed by atoms with Gasteiger partial charge in [0.1, 0.15) is 5.82 Å². The number of rotatable bonds is 5. The van der Waals surface area contributed by atoms with Crippen molar-refractivity contribution in [2.45, 2.75) is 20.3 Å². The quantitative estimate of drug-likeness (QED) is 0.866. The minimum absolute atomic E-state index is 0.630. The van der Waals surface area contributed by atoms with Crippen molar-refractivity contribution in [3.63, 3.8) is 0 Å². The molecule has 4 nitrogen and oxygen atoms in total. The van der Waals surface area contributed by atoms with E-state index in [-0.39, 0.29) is 0 Å². The molecule has 0 fully saturated rings. The Balaban J connectivity index is 2.59. The van der Waals surface area contributed by atoms with Crippen molar-refractivity contribution < 1.29 is 0 Å². The summed E-state index contributed by atoms with van der Waals surface area (Å²) in [4.78, 5) is 8.40. The molecule has 5 heteroatoms. The second kappa shape index (κ2) is 5.90. The highest BCUT2D eigenvalue weighted by Gasteiger charge is 2.03. The summed E-state index contributed by atoms with van der Waals surface area (Å²) in [6, 6.07) is 0. The largest absolute Gasteiger partial charge is 0.369 e. The van der Waals surface area contributed by atoms with E-state index in [9.17, 15) is 0 Å². The van der Waals surface area contributed by atoms with E-state index < -0.39 is 0 Å². The summed E-state index contributed by atoms with van der Waals surface area (Å²) < 4.78 is 0.894. The summed E-state index contributed by atoms with van der Waals surface area (Å²) in [5.41, 5.74) is 0. The Bertz CT molecular complexity index is 314. The molecular weight excluding hydrogens is 256 g/mol. The molecule has 1 rings (SSSR count). The van der Waals surface area contributed by atoms with E-state index in [2.05, 4.69) is 50.4 Å². The van der Waals surface area contributed by atoms with E-state index in [0.717, 1.165) is 23.3 Å². The van der Waals surface area contributed by atoms with Crippen molar-refractivity contribution in [1.82, 2.24) is 9.97 Å². The van der Waals surface area contributed by atoms with Gasteiger partial charge in [-0.2, -0.15) is 4.98 Å². The lowest BCUT2D eigenvalue weighted by molar-refractivity contribution is 0.606.